The molecule has 2 fully saturated rings. The van der Waals surface area contributed by atoms with E-state index in [0.717, 1.165) is 12.8 Å². The Balaban J connectivity index is 2.56. The maximum absolute atomic E-state index is 11.8. The third kappa shape index (κ3) is 0.571. The lowest BCUT2D eigenvalue weighted by atomic mass is 9.66. The average molecular weight is 166 g/mol. The van der Waals surface area contributed by atoms with Gasteiger partial charge in [-0.15, -0.1) is 0 Å². The normalized spacial score (nSPS) is 50.2. The molecule has 1 heteroatoms. The van der Waals surface area contributed by atoms with Crippen LogP contribution in [0.15, 0.2) is 0 Å². The van der Waals surface area contributed by atoms with Crippen molar-refractivity contribution < 1.29 is 4.79 Å². The third-order valence-electron chi connectivity index (χ3n) is 5.23. The van der Waals surface area contributed by atoms with Gasteiger partial charge in [-0.3, -0.25) is 4.79 Å². The fourth-order valence-electron chi connectivity index (χ4n) is 3.16. The van der Waals surface area contributed by atoms with E-state index in [1.807, 2.05) is 0 Å². The molecule has 0 saturated heterocycles. The Bertz CT molecular complexity index is 254. The van der Waals surface area contributed by atoms with E-state index in [0.29, 0.717) is 11.2 Å². The topological polar surface area (TPSA) is 17.1 Å². The van der Waals surface area contributed by atoms with Gasteiger partial charge in [0.2, 0.25) is 0 Å². The summed E-state index contributed by atoms with van der Waals surface area (Å²) in [6, 6.07) is 0. The Labute approximate surface area is 74.5 Å². The van der Waals surface area contributed by atoms with E-state index in [9.17, 15) is 4.79 Å². The van der Waals surface area contributed by atoms with E-state index in [-0.39, 0.29) is 10.8 Å². The molecule has 2 aliphatic rings. The SMILES string of the molecule is CC1(C)[C@@]2(C)CC[C@@]1(C)C(=O)C2. The van der Waals surface area contributed by atoms with Crippen molar-refractivity contribution in [3.8, 4) is 0 Å². The summed E-state index contributed by atoms with van der Waals surface area (Å²) in [6.07, 6.45) is 3.16. The Hall–Kier alpha value is -0.330. The molecule has 0 heterocycles. The number of hydrogen-bond acceptors (Lipinski definition) is 1. The van der Waals surface area contributed by atoms with Gasteiger partial charge in [0.15, 0.2) is 0 Å². The molecule has 0 aliphatic heterocycles. The molecule has 2 atom stereocenters. The fourth-order valence-corrected chi connectivity index (χ4v) is 3.16. The van der Waals surface area contributed by atoms with Crippen LogP contribution in [0.25, 0.3) is 0 Å². The second kappa shape index (κ2) is 1.78. The zero-order valence-electron chi connectivity index (χ0n) is 8.53. The maximum atomic E-state index is 11.8. The molecule has 2 rings (SSSR count). The summed E-state index contributed by atoms with van der Waals surface area (Å²) in [6.45, 7) is 8.98. The minimum absolute atomic E-state index is 0.0122. The summed E-state index contributed by atoms with van der Waals surface area (Å²) in [5.74, 6) is 0.501. The molecule has 1 nitrogen and oxygen atoms in total. The quantitative estimate of drug-likeness (QED) is 0.541. The van der Waals surface area contributed by atoms with Gasteiger partial charge in [-0.25, -0.2) is 0 Å². The highest BCUT2D eigenvalue weighted by molar-refractivity contribution is 5.90. The second-order valence-corrected chi connectivity index (χ2v) is 5.62. The molecule has 0 aromatic carbocycles. The second-order valence-electron chi connectivity index (χ2n) is 5.62. The predicted molar refractivity (Wildman–Crippen MR) is 48.9 cm³/mol. The molecule has 0 unspecified atom stereocenters. The van der Waals surface area contributed by atoms with Crippen LogP contribution >= 0.6 is 0 Å². The summed E-state index contributed by atoms with van der Waals surface area (Å²) in [5, 5.41) is 0. The van der Waals surface area contributed by atoms with Crippen LogP contribution in [0.2, 0.25) is 0 Å². The van der Waals surface area contributed by atoms with Gasteiger partial charge >= 0.3 is 0 Å². The van der Waals surface area contributed by atoms with Crippen LogP contribution in [-0.2, 0) is 4.79 Å². The van der Waals surface area contributed by atoms with Gasteiger partial charge in [0.1, 0.15) is 5.78 Å². The van der Waals surface area contributed by atoms with Gasteiger partial charge in [0.05, 0.1) is 0 Å². The van der Waals surface area contributed by atoms with Gasteiger partial charge in [-0.2, -0.15) is 0 Å². The molecule has 0 N–H and O–H groups in total. The summed E-state index contributed by atoms with van der Waals surface area (Å²) in [7, 11) is 0. The Morgan fingerprint density at radius 3 is 1.83 bits per heavy atom. The van der Waals surface area contributed by atoms with Crippen molar-refractivity contribution in [2.45, 2.75) is 47.0 Å². The molecule has 2 bridgehead atoms. The molecule has 0 spiro atoms. The first-order valence-corrected chi connectivity index (χ1v) is 4.87. The van der Waals surface area contributed by atoms with Crippen molar-refractivity contribution in [2.75, 3.05) is 0 Å². The minimum atomic E-state index is -0.0122. The molecular formula is C11H18O. The van der Waals surface area contributed by atoms with Crippen molar-refractivity contribution >= 4 is 5.78 Å². The van der Waals surface area contributed by atoms with E-state index >= 15 is 0 Å². The highest BCUT2D eigenvalue weighted by atomic mass is 16.1. The van der Waals surface area contributed by atoms with Crippen molar-refractivity contribution in [1.82, 2.24) is 0 Å². The van der Waals surface area contributed by atoms with Gasteiger partial charge in [0, 0.05) is 11.8 Å². The van der Waals surface area contributed by atoms with Crippen molar-refractivity contribution in [3.05, 3.63) is 0 Å². The molecular weight excluding hydrogens is 148 g/mol. The molecule has 68 valence electrons. The summed E-state index contributed by atoms with van der Waals surface area (Å²) < 4.78 is 0. The van der Waals surface area contributed by atoms with Crippen LogP contribution in [0.3, 0.4) is 0 Å². The molecule has 0 aromatic heterocycles. The number of carbonyl (C=O) groups excluding carboxylic acids is 1. The van der Waals surface area contributed by atoms with Crippen molar-refractivity contribution in [2.24, 2.45) is 16.2 Å². The number of fused-ring (bicyclic) bond motifs is 2. The van der Waals surface area contributed by atoms with E-state index in [4.69, 9.17) is 0 Å². The lowest BCUT2D eigenvalue weighted by Gasteiger charge is -2.37. The highest BCUT2D eigenvalue weighted by Crippen LogP contribution is 2.70. The first kappa shape index (κ1) is 8.28. The molecule has 12 heavy (non-hydrogen) atoms. The molecule has 2 saturated carbocycles. The number of hydrogen-bond donors (Lipinski definition) is 0. The zero-order valence-corrected chi connectivity index (χ0v) is 8.53. The lowest BCUT2D eigenvalue weighted by Crippen LogP contribution is -2.34. The van der Waals surface area contributed by atoms with Gasteiger partial charge in [-0.1, -0.05) is 27.7 Å². The summed E-state index contributed by atoms with van der Waals surface area (Å²) in [5.41, 5.74) is 0.498. The Kier molecular flexibility index (Phi) is 1.23. The van der Waals surface area contributed by atoms with Crippen LogP contribution in [0.4, 0.5) is 0 Å². The number of ketones is 1. The van der Waals surface area contributed by atoms with E-state index in [2.05, 4.69) is 27.7 Å². The van der Waals surface area contributed by atoms with Crippen LogP contribution in [0.1, 0.15) is 47.0 Å². The van der Waals surface area contributed by atoms with Crippen LogP contribution in [0.5, 0.6) is 0 Å². The van der Waals surface area contributed by atoms with Gasteiger partial charge < -0.3 is 0 Å². The first-order valence-electron chi connectivity index (χ1n) is 4.87. The summed E-state index contributed by atoms with van der Waals surface area (Å²) >= 11 is 0. The zero-order chi connectivity index (χ0) is 9.20. The molecule has 0 radical (unpaired) electrons. The highest BCUT2D eigenvalue weighted by Gasteiger charge is 2.67. The molecule has 0 amide bonds. The number of rotatable bonds is 0. The van der Waals surface area contributed by atoms with E-state index < -0.39 is 0 Å². The number of carbonyl (C=O) groups is 1. The monoisotopic (exact) mass is 166 g/mol. The van der Waals surface area contributed by atoms with Crippen LogP contribution in [-0.4, -0.2) is 5.78 Å². The lowest BCUT2D eigenvalue weighted by molar-refractivity contribution is -0.128. The van der Waals surface area contributed by atoms with Crippen LogP contribution < -0.4 is 0 Å². The van der Waals surface area contributed by atoms with Crippen LogP contribution in [0, 0.1) is 16.2 Å². The largest absolute Gasteiger partial charge is 0.299 e. The summed E-state index contributed by atoms with van der Waals surface area (Å²) in [4.78, 5) is 11.8. The van der Waals surface area contributed by atoms with Gasteiger partial charge in [0.25, 0.3) is 0 Å². The molecule has 2 aliphatic carbocycles. The van der Waals surface area contributed by atoms with Gasteiger partial charge in [-0.05, 0) is 23.7 Å². The predicted octanol–water partition coefficient (Wildman–Crippen LogP) is 2.79. The molecule has 0 aromatic rings. The Morgan fingerprint density at radius 2 is 1.67 bits per heavy atom. The third-order valence-corrected chi connectivity index (χ3v) is 5.23. The standard InChI is InChI=1S/C11H18O/c1-9(2)10(3)5-6-11(9,4)8(12)7-10/h5-7H2,1-4H3/t10-,11-/m0/s1. The van der Waals surface area contributed by atoms with Crippen molar-refractivity contribution in [3.63, 3.8) is 0 Å². The van der Waals surface area contributed by atoms with E-state index in [1.165, 1.54) is 6.42 Å². The Morgan fingerprint density at radius 1 is 1.08 bits per heavy atom. The van der Waals surface area contributed by atoms with E-state index in [1.54, 1.807) is 0 Å². The maximum Gasteiger partial charge on any atom is 0.139 e. The van der Waals surface area contributed by atoms with Crippen molar-refractivity contribution in [1.29, 1.82) is 0 Å². The average Bonchev–Trinajstić information content (AvgIpc) is 2.18. The first-order chi connectivity index (χ1) is 5.33. The smallest absolute Gasteiger partial charge is 0.139 e. The number of Topliss-reactive ketones (excluding diaryl/α,β-unsaturated/α-hetero) is 1. The minimum Gasteiger partial charge on any atom is -0.299 e. The fraction of sp³-hybridized carbons (Fsp3) is 0.909.